The van der Waals surface area contributed by atoms with Gasteiger partial charge >= 0.3 is 6.09 Å². The highest BCUT2D eigenvalue weighted by Crippen LogP contribution is 2.17. The predicted molar refractivity (Wildman–Crippen MR) is 96.0 cm³/mol. The Hall–Kier alpha value is -1.79. The molecule has 1 saturated heterocycles. The first-order chi connectivity index (χ1) is 11.2. The Morgan fingerprint density at radius 1 is 1.08 bits per heavy atom. The molecule has 1 fully saturated rings. The van der Waals surface area contributed by atoms with E-state index in [1.54, 1.807) is 16.7 Å². The molecule has 144 valence electrons. The molecule has 0 aromatic carbocycles. The lowest BCUT2D eigenvalue weighted by atomic mass is 9.95. The molecule has 0 radical (unpaired) electrons. The van der Waals surface area contributed by atoms with E-state index in [9.17, 15) is 14.4 Å². The Morgan fingerprint density at radius 2 is 1.64 bits per heavy atom. The van der Waals surface area contributed by atoms with Crippen LogP contribution in [0.3, 0.4) is 0 Å². The highest BCUT2D eigenvalue weighted by Gasteiger charge is 2.34. The van der Waals surface area contributed by atoms with E-state index in [0.717, 1.165) is 0 Å². The average molecular weight is 355 g/mol. The number of carbonyl (C=O) groups excluding carboxylic acids is 3. The van der Waals surface area contributed by atoms with Crippen molar-refractivity contribution in [3.63, 3.8) is 0 Å². The van der Waals surface area contributed by atoms with Crippen LogP contribution >= 0.6 is 0 Å². The summed E-state index contributed by atoms with van der Waals surface area (Å²) < 4.78 is 5.39. The van der Waals surface area contributed by atoms with Crippen LogP contribution in [0.25, 0.3) is 0 Å². The first kappa shape index (κ1) is 21.3. The highest BCUT2D eigenvalue weighted by atomic mass is 16.6. The molecule has 7 nitrogen and oxygen atoms in total. The summed E-state index contributed by atoms with van der Waals surface area (Å²) in [6, 6.07) is -0.731. The van der Waals surface area contributed by atoms with Gasteiger partial charge in [0.05, 0.1) is 0 Å². The summed E-state index contributed by atoms with van der Waals surface area (Å²) in [6.45, 7) is 15.8. The van der Waals surface area contributed by atoms with Crippen molar-refractivity contribution in [1.29, 1.82) is 0 Å². The van der Waals surface area contributed by atoms with Crippen molar-refractivity contribution >= 4 is 17.9 Å². The van der Waals surface area contributed by atoms with Crippen LogP contribution in [-0.4, -0.2) is 65.0 Å². The van der Waals surface area contributed by atoms with Crippen molar-refractivity contribution in [2.75, 3.05) is 19.6 Å². The zero-order valence-electron chi connectivity index (χ0n) is 16.8. The molecule has 1 aliphatic heterocycles. The van der Waals surface area contributed by atoms with E-state index in [2.05, 4.69) is 5.32 Å². The number of piperazine rings is 1. The summed E-state index contributed by atoms with van der Waals surface area (Å²) in [5, 5.41) is 2.77. The monoisotopic (exact) mass is 355 g/mol. The van der Waals surface area contributed by atoms with Gasteiger partial charge in [0.15, 0.2) is 0 Å². The third-order valence-corrected chi connectivity index (χ3v) is 3.96. The second kappa shape index (κ2) is 7.62. The first-order valence-electron chi connectivity index (χ1n) is 8.82. The number of nitrogens with zero attached hydrogens (tertiary/aromatic N) is 2. The summed E-state index contributed by atoms with van der Waals surface area (Å²) >= 11 is 0. The molecular formula is C18H33N3O4. The van der Waals surface area contributed by atoms with Crippen LogP contribution in [-0.2, 0) is 14.3 Å². The number of nitrogens with one attached hydrogen (secondary N) is 1. The minimum Gasteiger partial charge on any atom is -0.444 e. The van der Waals surface area contributed by atoms with E-state index >= 15 is 0 Å². The molecule has 25 heavy (non-hydrogen) atoms. The van der Waals surface area contributed by atoms with Gasteiger partial charge in [0.2, 0.25) is 11.8 Å². The van der Waals surface area contributed by atoms with Crippen LogP contribution < -0.4 is 5.32 Å². The number of amides is 3. The zero-order chi connectivity index (χ0) is 19.6. The van der Waals surface area contributed by atoms with Crippen LogP contribution in [0.4, 0.5) is 4.79 Å². The summed E-state index contributed by atoms with van der Waals surface area (Å²) in [7, 11) is 0. The highest BCUT2D eigenvalue weighted by molar-refractivity contribution is 5.89. The summed E-state index contributed by atoms with van der Waals surface area (Å²) in [5.74, 6) is -0.290. The predicted octanol–water partition coefficient (Wildman–Crippen LogP) is 2.00. The zero-order valence-corrected chi connectivity index (χ0v) is 16.8. The fourth-order valence-corrected chi connectivity index (χ4v) is 2.50. The van der Waals surface area contributed by atoms with Gasteiger partial charge in [-0.3, -0.25) is 9.59 Å². The Bertz CT molecular complexity index is 519. The lowest BCUT2D eigenvalue weighted by molar-refractivity contribution is -0.141. The van der Waals surface area contributed by atoms with Crippen molar-refractivity contribution in [1.82, 2.24) is 15.1 Å². The van der Waals surface area contributed by atoms with Gasteiger partial charge in [0.25, 0.3) is 0 Å². The topological polar surface area (TPSA) is 79.0 Å². The molecule has 0 aromatic heterocycles. The van der Waals surface area contributed by atoms with Gasteiger partial charge < -0.3 is 19.9 Å². The Kier molecular flexibility index (Phi) is 6.48. The van der Waals surface area contributed by atoms with E-state index in [4.69, 9.17) is 4.74 Å². The van der Waals surface area contributed by atoms with Crippen molar-refractivity contribution < 1.29 is 19.1 Å². The SMILES string of the molecule is C[C@@H](NC(=O)C(C)(C)C)C(=O)N1CCN(C(=O)OC(C)(C)C)C[C@@H]1C. The summed E-state index contributed by atoms with van der Waals surface area (Å²) in [6.07, 6.45) is -0.361. The van der Waals surface area contributed by atoms with Crippen molar-refractivity contribution in [2.24, 2.45) is 5.41 Å². The molecule has 0 aromatic rings. The molecule has 2 atom stereocenters. The Balaban J connectivity index is 2.64. The van der Waals surface area contributed by atoms with Crippen LogP contribution in [0, 0.1) is 5.41 Å². The second-order valence-corrected chi connectivity index (χ2v) is 8.75. The third-order valence-electron chi connectivity index (χ3n) is 3.96. The maximum atomic E-state index is 12.7. The Morgan fingerprint density at radius 3 is 2.08 bits per heavy atom. The molecule has 1 heterocycles. The maximum absolute atomic E-state index is 12.7. The van der Waals surface area contributed by atoms with Gasteiger partial charge in [-0.1, -0.05) is 20.8 Å². The molecule has 0 saturated carbocycles. The maximum Gasteiger partial charge on any atom is 0.410 e. The molecule has 0 aliphatic carbocycles. The quantitative estimate of drug-likeness (QED) is 0.822. The standard InChI is InChI=1S/C18H33N3O4/c1-12-11-20(16(24)25-18(6,7)8)9-10-21(12)14(22)13(2)19-15(23)17(3,4)5/h12-13H,9-11H2,1-8H3,(H,19,23)/t12-,13+/m0/s1. The van der Waals surface area contributed by atoms with Crippen LogP contribution in [0.5, 0.6) is 0 Å². The first-order valence-corrected chi connectivity index (χ1v) is 8.82. The number of rotatable bonds is 2. The van der Waals surface area contributed by atoms with Crippen LogP contribution in [0.1, 0.15) is 55.4 Å². The fraction of sp³-hybridized carbons (Fsp3) is 0.833. The minimum atomic E-state index is -0.595. The van der Waals surface area contributed by atoms with E-state index in [1.165, 1.54) is 0 Å². The molecule has 7 heteroatoms. The van der Waals surface area contributed by atoms with Crippen LogP contribution in [0.2, 0.25) is 0 Å². The second-order valence-electron chi connectivity index (χ2n) is 8.75. The summed E-state index contributed by atoms with van der Waals surface area (Å²) in [4.78, 5) is 40.2. The molecule has 0 unspecified atom stereocenters. The van der Waals surface area contributed by atoms with Gasteiger partial charge in [0, 0.05) is 31.1 Å². The lowest BCUT2D eigenvalue weighted by Gasteiger charge is -2.41. The van der Waals surface area contributed by atoms with E-state index in [1.807, 2.05) is 48.5 Å². The number of hydrogen-bond acceptors (Lipinski definition) is 4. The third kappa shape index (κ3) is 6.21. The van der Waals surface area contributed by atoms with Gasteiger partial charge in [-0.05, 0) is 34.6 Å². The van der Waals surface area contributed by atoms with Crippen molar-refractivity contribution in [3.05, 3.63) is 0 Å². The van der Waals surface area contributed by atoms with E-state index in [0.29, 0.717) is 19.6 Å². The summed E-state index contributed by atoms with van der Waals surface area (Å²) in [5.41, 5.74) is -1.09. The average Bonchev–Trinajstić information content (AvgIpc) is 2.43. The van der Waals surface area contributed by atoms with Gasteiger partial charge in [0.1, 0.15) is 11.6 Å². The van der Waals surface area contributed by atoms with Crippen molar-refractivity contribution in [2.45, 2.75) is 73.1 Å². The minimum absolute atomic E-state index is 0.131. The van der Waals surface area contributed by atoms with Gasteiger partial charge in [-0.15, -0.1) is 0 Å². The lowest BCUT2D eigenvalue weighted by Crippen LogP contribution is -2.59. The van der Waals surface area contributed by atoms with Crippen LogP contribution in [0.15, 0.2) is 0 Å². The molecule has 1 rings (SSSR count). The number of hydrogen-bond donors (Lipinski definition) is 1. The van der Waals surface area contributed by atoms with E-state index < -0.39 is 17.1 Å². The molecule has 0 bridgehead atoms. The fourth-order valence-electron chi connectivity index (χ4n) is 2.50. The molecular weight excluding hydrogens is 322 g/mol. The molecule has 1 N–H and O–H groups in total. The van der Waals surface area contributed by atoms with E-state index in [-0.39, 0.29) is 23.9 Å². The number of carbonyl (C=O) groups is 3. The molecule has 1 aliphatic rings. The number of ether oxygens (including phenoxy) is 1. The van der Waals surface area contributed by atoms with Gasteiger partial charge in [-0.2, -0.15) is 0 Å². The van der Waals surface area contributed by atoms with Crippen molar-refractivity contribution in [3.8, 4) is 0 Å². The largest absolute Gasteiger partial charge is 0.444 e. The molecule has 3 amide bonds. The Labute approximate surface area is 151 Å². The smallest absolute Gasteiger partial charge is 0.410 e. The van der Waals surface area contributed by atoms with Gasteiger partial charge in [-0.25, -0.2) is 4.79 Å². The normalized spacial score (nSPS) is 20.1. The molecule has 0 spiro atoms.